The summed E-state index contributed by atoms with van der Waals surface area (Å²) in [6.45, 7) is 2.53. The minimum atomic E-state index is -0.408. The van der Waals surface area contributed by atoms with Gasteiger partial charge in [-0.15, -0.1) is 0 Å². The SMILES string of the molecule is OC[C@H]1CCN(Cc2ccc3[nH]ccc3c2)C[C@H]1O. The fourth-order valence-corrected chi connectivity index (χ4v) is 2.86. The smallest absolute Gasteiger partial charge is 0.0717 e. The summed E-state index contributed by atoms with van der Waals surface area (Å²) in [7, 11) is 0. The van der Waals surface area contributed by atoms with Crippen LogP contribution in [0.5, 0.6) is 0 Å². The van der Waals surface area contributed by atoms with Crippen molar-refractivity contribution in [1.29, 1.82) is 0 Å². The van der Waals surface area contributed by atoms with Crippen LogP contribution in [0.15, 0.2) is 30.5 Å². The van der Waals surface area contributed by atoms with E-state index in [1.165, 1.54) is 10.9 Å². The summed E-state index contributed by atoms with van der Waals surface area (Å²) in [5, 5.41) is 20.3. The number of H-pyrrole nitrogens is 1. The highest BCUT2D eigenvalue weighted by Crippen LogP contribution is 2.21. The summed E-state index contributed by atoms with van der Waals surface area (Å²) in [4.78, 5) is 5.44. The molecule has 1 fully saturated rings. The number of aliphatic hydroxyl groups is 2. The Morgan fingerprint density at radius 1 is 1.32 bits per heavy atom. The van der Waals surface area contributed by atoms with Crippen molar-refractivity contribution in [3.63, 3.8) is 0 Å². The maximum absolute atomic E-state index is 9.95. The second kappa shape index (κ2) is 5.33. The number of likely N-dealkylation sites (tertiary alicyclic amines) is 1. The lowest BCUT2D eigenvalue weighted by molar-refractivity contribution is -0.00442. The van der Waals surface area contributed by atoms with Gasteiger partial charge in [-0.3, -0.25) is 4.90 Å². The van der Waals surface area contributed by atoms with Gasteiger partial charge < -0.3 is 15.2 Å². The van der Waals surface area contributed by atoms with Crippen molar-refractivity contribution in [2.75, 3.05) is 19.7 Å². The fraction of sp³-hybridized carbons (Fsp3) is 0.467. The Morgan fingerprint density at radius 3 is 3.00 bits per heavy atom. The number of nitrogens with one attached hydrogen (secondary N) is 1. The van der Waals surface area contributed by atoms with Crippen molar-refractivity contribution >= 4 is 10.9 Å². The molecular weight excluding hydrogens is 240 g/mol. The molecule has 1 aromatic carbocycles. The molecule has 3 rings (SSSR count). The molecule has 102 valence electrons. The lowest BCUT2D eigenvalue weighted by Gasteiger charge is -2.35. The van der Waals surface area contributed by atoms with Gasteiger partial charge in [-0.05, 0) is 42.1 Å². The number of hydrogen-bond acceptors (Lipinski definition) is 3. The van der Waals surface area contributed by atoms with Crippen LogP contribution >= 0.6 is 0 Å². The first-order valence-electron chi connectivity index (χ1n) is 6.83. The van der Waals surface area contributed by atoms with E-state index in [-0.39, 0.29) is 12.5 Å². The zero-order chi connectivity index (χ0) is 13.2. The van der Waals surface area contributed by atoms with Crippen LogP contribution in [0.1, 0.15) is 12.0 Å². The number of aliphatic hydroxyl groups excluding tert-OH is 2. The summed E-state index contributed by atoms with van der Waals surface area (Å²) >= 11 is 0. The van der Waals surface area contributed by atoms with Gasteiger partial charge in [-0.2, -0.15) is 0 Å². The number of nitrogens with zero attached hydrogens (tertiary/aromatic N) is 1. The third kappa shape index (κ3) is 2.66. The first kappa shape index (κ1) is 12.7. The maximum atomic E-state index is 9.95. The second-order valence-electron chi connectivity index (χ2n) is 5.43. The van der Waals surface area contributed by atoms with Gasteiger partial charge in [0.1, 0.15) is 0 Å². The van der Waals surface area contributed by atoms with Gasteiger partial charge >= 0.3 is 0 Å². The van der Waals surface area contributed by atoms with Gasteiger partial charge in [0.25, 0.3) is 0 Å². The van der Waals surface area contributed by atoms with E-state index in [0.717, 1.165) is 25.0 Å². The number of aromatic amines is 1. The molecule has 4 heteroatoms. The van der Waals surface area contributed by atoms with E-state index in [1.54, 1.807) is 0 Å². The minimum Gasteiger partial charge on any atom is -0.396 e. The number of rotatable bonds is 3. The Labute approximate surface area is 112 Å². The number of aromatic nitrogens is 1. The van der Waals surface area contributed by atoms with E-state index >= 15 is 0 Å². The van der Waals surface area contributed by atoms with E-state index < -0.39 is 6.10 Å². The maximum Gasteiger partial charge on any atom is 0.0717 e. The Bertz CT molecular complexity index is 552. The predicted molar refractivity (Wildman–Crippen MR) is 74.8 cm³/mol. The summed E-state index contributed by atoms with van der Waals surface area (Å²) in [6.07, 6.45) is 2.41. The van der Waals surface area contributed by atoms with Gasteiger partial charge in [0, 0.05) is 37.3 Å². The highest BCUT2D eigenvalue weighted by molar-refractivity contribution is 5.79. The van der Waals surface area contributed by atoms with Crippen LogP contribution in [0.25, 0.3) is 10.9 Å². The lowest BCUT2D eigenvalue weighted by Crippen LogP contribution is -2.44. The van der Waals surface area contributed by atoms with Crippen LogP contribution in [0.4, 0.5) is 0 Å². The Morgan fingerprint density at radius 2 is 2.21 bits per heavy atom. The third-order valence-corrected chi connectivity index (χ3v) is 4.06. The fourth-order valence-electron chi connectivity index (χ4n) is 2.86. The van der Waals surface area contributed by atoms with E-state index in [2.05, 4.69) is 34.1 Å². The van der Waals surface area contributed by atoms with E-state index in [0.29, 0.717) is 6.54 Å². The summed E-state index contributed by atoms with van der Waals surface area (Å²) in [5.41, 5.74) is 2.42. The van der Waals surface area contributed by atoms with Gasteiger partial charge in [-0.25, -0.2) is 0 Å². The average Bonchev–Trinajstić information content (AvgIpc) is 2.86. The lowest BCUT2D eigenvalue weighted by atomic mass is 9.94. The molecule has 2 atom stereocenters. The van der Waals surface area contributed by atoms with Crippen molar-refractivity contribution in [3.05, 3.63) is 36.0 Å². The van der Waals surface area contributed by atoms with Crippen LogP contribution in [0.3, 0.4) is 0 Å². The van der Waals surface area contributed by atoms with E-state index in [4.69, 9.17) is 5.11 Å². The first-order chi connectivity index (χ1) is 9.26. The molecule has 19 heavy (non-hydrogen) atoms. The van der Waals surface area contributed by atoms with Crippen LogP contribution in [-0.4, -0.2) is 45.9 Å². The van der Waals surface area contributed by atoms with Gasteiger partial charge in [0.05, 0.1) is 6.10 Å². The van der Waals surface area contributed by atoms with Crippen molar-refractivity contribution in [3.8, 4) is 0 Å². The molecule has 0 aliphatic carbocycles. The molecule has 0 saturated carbocycles. The Kier molecular flexibility index (Phi) is 3.55. The van der Waals surface area contributed by atoms with E-state index in [1.807, 2.05) is 6.20 Å². The number of fused-ring (bicyclic) bond motifs is 1. The quantitative estimate of drug-likeness (QED) is 0.780. The van der Waals surface area contributed by atoms with Crippen LogP contribution in [0.2, 0.25) is 0 Å². The molecule has 2 heterocycles. The zero-order valence-electron chi connectivity index (χ0n) is 10.9. The van der Waals surface area contributed by atoms with Gasteiger partial charge in [0.15, 0.2) is 0 Å². The number of benzene rings is 1. The number of piperidine rings is 1. The standard InChI is InChI=1S/C15H20N2O2/c18-10-13-4-6-17(9-15(13)19)8-11-1-2-14-12(7-11)3-5-16-14/h1-3,5,7,13,15-16,18-19H,4,6,8-10H2/t13-,15-/m1/s1. The second-order valence-corrected chi connectivity index (χ2v) is 5.43. The predicted octanol–water partition coefficient (Wildman–Crippen LogP) is 1.34. The normalized spacial score (nSPS) is 24.9. The molecule has 2 aromatic rings. The molecule has 3 N–H and O–H groups in total. The number of β-amino-alcohol motifs (C(OH)–C–C–N with tert-alkyl or cyclic N) is 1. The topological polar surface area (TPSA) is 59.5 Å². The molecule has 1 aromatic heterocycles. The number of hydrogen-bond donors (Lipinski definition) is 3. The van der Waals surface area contributed by atoms with Crippen molar-refractivity contribution in [1.82, 2.24) is 9.88 Å². The van der Waals surface area contributed by atoms with Crippen LogP contribution in [0, 0.1) is 5.92 Å². The highest BCUT2D eigenvalue weighted by atomic mass is 16.3. The monoisotopic (exact) mass is 260 g/mol. The molecule has 0 amide bonds. The minimum absolute atomic E-state index is 0.0448. The highest BCUT2D eigenvalue weighted by Gasteiger charge is 2.26. The van der Waals surface area contributed by atoms with Crippen molar-refractivity contribution < 1.29 is 10.2 Å². The molecular formula is C15H20N2O2. The molecule has 1 saturated heterocycles. The molecule has 0 unspecified atom stereocenters. The first-order valence-corrected chi connectivity index (χ1v) is 6.83. The Balaban J connectivity index is 1.68. The molecule has 1 aliphatic rings. The zero-order valence-corrected chi connectivity index (χ0v) is 10.9. The van der Waals surface area contributed by atoms with Gasteiger partial charge in [-0.1, -0.05) is 6.07 Å². The van der Waals surface area contributed by atoms with Crippen molar-refractivity contribution in [2.24, 2.45) is 5.92 Å². The van der Waals surface area contributed by atoms with Crippen molar-refractivity contribution in [2.45, 2.75) is 19.1 Å². The molecule has 0 spiro atoms. The van der Waals surface area contributed by atoms with Crippen LogP contribution in [-0.2, 0) is 6.54 Å². The molecule has 1 aliphatic heterocycles. The summed E-state index contributed by atoms with van der Waals surface area (Å²) in [6, 6.07) is 8.49. The largest absolute Gasteiger partial charge is 0.396 e. The summed E-state index contributed by atoms with van der Waals surface area (Å²) < 4.78 is 0. The Hall–Kier alpha value is -1.36. The van der Waals surface area contributed by atoms with E-state index in [9.17, 15) is 5.11 Å². The third-order valence-electron chi connectivity index (χ3n) is 4.06. The molecule has 4 nitrogen and oxygen atoms in total. The van der Waals surface area contributed by atoms with Crippen LogP contribution < -0.4 is 0 Å². The average molecular weight is 260 g/mol. The molecule has 0 radical (unpaired) electrons. The van der Waals surface area contributed by atoms with Gasteiger partial charge in [0.2, 0.25) is 0 Å². The summed E-state index contributed by atoms with van der Waals surface area (Å²) in [5.74, 6) is 0.0448. The molecule has 0 bridgehead atoms.